The molecule has 0 spiro atoms. The molecule has 0 amide bonds. The number of halogens is 3. The lowest BCUT2D eigenvalue weighted by molar-refractivity contribution is 0.566. The maximum absolute atomic E-state index is 12.5. The molecule has 1 unspecified atom stereocenters. The summed E-state index contributed by atoms with van der Waals surface area (Å²) in [6.45, 7) is 1.77. The fourth-order valence-corrected chi connectivity index (χ4v) is 4.76. The maximum atomic E-state index is 12.5. The lowest BCUT2D eigenvalue weighted by atomic mass is 10.1. The average molecular weight is 454 g/mol. The summed E-state index contributed by atoms with van der Waals surface area (Å²) in [5.41, 5.74) is 0.803. The highest BCUT2D eigenvalue weighted by atomic mass is 79.9. The smallest absolute Gasteiger partial charge is 0.207 e. The van der Waals surface area contributed by atoms with Crippen LogP contribution in [-0.4, -0.2) is 8.42 Å². The van der Waals surface area contributed by atoms with Crippen LogP contribution >= 0.6 is 43.5 Å². The van der Waals surface area contributed by atoms with E-state index < -0.39 is 10.0 Å². The first kappa shape index (κ1) is 17.0. The summed E-state index contributed by atoms with van der Waals surface area (Å²) in [7, 11) is -3.64. The Morgan fingerprint density at radius 1 is 1.14 bits per heavy atom. The van der Waals surface area contributed by atoms with Gasteiger partial charge in [0.1, 0.15) is 0 Å². The SMILES string of the molecule is CC(NS(=O)(=O)c1cc(Br)ccc1Br)c1cccc(Cl)c1. The van der Waals surface area contributed by atoms with Gasteiger partial charge in [-0.15, -0.1) is 0 Å². The topological polar surface area (TPSA) is 46.2 Å². The van der Waals surface area contributed by atoms with Gasteiger partial charge >= 0.3 is 0 Å². The van der Waals surface area contributed by atoms with Crippen molar-refractivity contribution in [1.29, 1.82) is 0 Å². The Kier molecular flexibility index (Phi) is 5.48. The highest BCUT2D eigenvalue weighted by Crippen LogP contribution is 2.27. The highest BCUT2D eigenvalue weighted by molar-refractivity contribution is 9.11. The Labute approximate surface area is 146 Å². The van der Waals surface area contributed by atoms with Gasteiger partial charge in [-0.1, -0.05) is 39.7 Å². The lowest BCUT2D eigenvalue weighted by Crippen LogP contribution is -2.27. The fraction of sp³-hybridized carbons (Fsp3) is 0.143. The van der Waals surface area contributed by atoms with Crippen LogP contribution in [0, 0.1) is 0 Å². The van der Waals surface area contributed by atoms with E-state index in [9.17, 15) is 8.42 Å². The molecular weight excluding hydrogens is 441 g/mol. The summed E-state index contributed by atoms with van der Waals surface area (Å²) in [5.74, 6) is 0. The molecule has 1 atom stereocenters. The van der Waals surface area contributed by atoms with Crippen molar-refractivity contribution < 1.29 is 8.42 Å². The summed E-state index contributed by atoms with van der Waals surface area (Å²) >= 11 is 12.5. The van der Waals surface area contributed by atoms with Gasteiger partial charge in [0.15, 0.2) is 0 Å². The molecule has 2 aromatic rings. The second kappa shape index (κ2) is 6.79. The molecule has 0 radical (unpaired) electrons. The third-order valence-electron chi connectivity index (χ3n) is 2.86. The second-order valence-electron chi connectivity index (χ2n) is 4.47. The molecule has 0 aliphatic carbocycles. The molecule has 2 aromatic carbocycles. The predicted octanol–water partition coefficient (Wildman–Crippen LogP) is 4.90. The number of sulfonamides is 1. The Morgan fingerprint density at radius 2 is 1.86 bits per heavy atom. The molecule has 1 N–H and O–H groups in total. The summed E-state index contributed by atoms with van der Waals surface area (Å²) in [6.07, 6.45) is 0. The van der Waals surface area contributed by atoms with Crippen molar-refractivity contribution in [3.05, 3.63) is 62.0 Å². The maximum Gasteiger partial charge on any atom is 0.242 e. The Hall–Kier alpha value is -0.400. The van der Waals surface area contributed by atoms with Gasteiger partial charge in [-0.05, 0) is 58.7 Å². The summed E-state index contributed by atoms with van der Waals surface area (Å²) in [5, 5.41) is 0.571. The van der Waals surface area contributed by atoms with E-state index in [0.29, 0.717) is 14.0 Å². The van der Waals surface area contributed by atoms with E-state index in [4.69, 9.17) is 11.6 Å². The van der Waals surface area contributed by atoms with E-state index in [-0.39, 0.29) is 10.9 Å². The van der Waals surface area contributed by atoms with Gasteiger partial charge in [-0.3, -0.25) is 0 Å². The highest BCUT2D eigenvalue weighted by Gasteiger charge is 2.21. The molecule has 21 heavy (non-hydrogen) atoms. The van der Waals surface area contributed by atoms with Crippen molar-refractivity contribution in [3.63, 3.8) is 0 Å². The first-order chi connectivity index (χ1) is 9.79. The van der Waals surface area contributed by atoms with E-state index in [1.54, 1.807) is 43.3 Å². The third-order valence-corrected chi connectivity index (χ3v) is 6.13. The van der Waals surface area contributed by atoms with Crippen molar-refractivity contribution in [1.82, 2.24) is 4.72 Å². The summed E-state index contributed by atoms with van der Waals surface area (Å²) in [6, 6.07) is 11.7. The molecule has 2 rings (SSSR count). The minimum Gasteiger partial charge on any atom is -0.207 e. The normalized spacial score (nSPS) is 13.1. The largest absolute Gasteiger partial charge is 0.242 e. The van der Waals surface area contributed by atoms with Crippen LogP contribution in [0.25, 0.3) is 0 Å². The molecule has 7 heteroatoms. The van der Waals surface area contributed by atoms with Crippen LogP contribution < -0.4 is 4.72 Å². The van der Waals surface area contributed by atoms with Gasteiger partial charge < -0.3 is 0 Å². The molecule has 0 aromatic heterocycles. The van der Waals surface area contributed by atoms with Crippen LogP contribution in [0.4, 0.5) is 0 Å². The van der Waals surface area contributed by atoms with Crippen LogP contribution in [0.2, 0.25) is 5.02 Å². The Balaban J connectivity index is 2.31. The minimum absolute atomic E-state index is 0.186. The van der Waals surface area contributed by atoms with Crippen molar-refractivity contribution >= 4 is 53.5 Å². The van der Waals surface area contributed by atoms with Crippen LogP contribution in [-0.2, 0) is 10.0 Å². The van der Waals surface area contributed by atoms with E-state index in [0.717, 1.165) is 5.56 Å². The molecule has 0 fully saturated rings. The van der Waals surface area contributed by atoms with Gasteiger partial charge in [-0.2, -0.15) is 0 Å². The number of nitrogens with one attached hydrogen (secondary N) is 1. The Morgan fingerprint density at radius 3 is 2.52 bits per heavy atom. The zero-order valence-corrected chi connectivity index (χ0v) is 15.7. The molecule has 0 saturated heterocycles. The van der Waals surface area contributed by atoms with Crippen molar-refractivity contribution in [2.45, 2.75) is 17.9 Å². The van der Waals surface area contributed by atoms with Crippen molar-refractivity contribution in [3.8, 4) is 0 Å². The van der Waals surface area contributed by atoms with Gasteiger partial charge in [0, 0.05) is 20.0 Å². The number of rotatable bonds is 4. The van der Waals surface area contributed by atoms with Crippen molar-refractivity contribution in [2.24, 2.45) is 0 Å². The third kappa shape index (κ3) is 4.29. The minimum atomic E-state index is -3.64. The zero-order valence-electron chi connectivity index (χ0n) is 11.0. The lowest BCUT2D eigenvalue weighted by Gasteiger charge is -2.16. The molecular formula is C14H12Br2ClNO2S. The van der Waals surface area contributed by atoms with E-state index in [1.807, 2.05) is 6.07 Å². The average Bonchev–Trinajstić information content (AvgIpc) is 2.41. The molecule has 0 bridgehead atoms. The van der Waals surface area contributed by atoms with Gasteiger partial charge in [0.2, 0.25) is 10.0 Å². The number of hydrogen-bond donors (Lipinski definition) is 1. The summed E-state index contributed by atoms with van der Waals surface area (Å²) in [4.78, 5) is 0.186. The quantitative estimate of drug-likeness (QED) is 0.715. The van der Waals surface area contributed by atoms with Gasteiger partial charge in [-0.25, -0.2) is 13.1 Å². The summed E-state index contributed by atoms with van der Waals surface area (Å²) < 4.78 is 28.8. The van der Waals surface area contributed by atoms with Crippen LogP contribution in [0.5, 0.6) is 0 Å². The van der Waals surface area contributed by atoms with Gasteiger partial charge in [0.05, 0.1) is 4.90 Å². The monoisotopic (exact) mass is 451 g/mol. The number of hydrogen-bond acceptors (Lipinski definition) is 2. The van der Waals surface area contributed by atoms with Crippen LogP contribution in [0.3, 0.4) is 0 Å². The molecule has 0 heterocycles. The predicted molar refractivity (Wildman–Crippen MR) is 92.0 cm³/mol. The molecule has 0 saturated carbocycles. The molecule has 3 nitrogen and oxygen atoms in total. The zero-order chi connectivity index (χ0) is 15.6. The van der Waals surface area contributed by atoms with E-state index in [1.165, 1.54) is 0 Å². The number of benzene rings is 2. The second-order valence-corrected chi connectivity index (χ2v) is 8.36. The van der Waals surface area contributed by atoms with Crippen molar-refractivity contribution in [2.75, 3.05) is 0 Å². The van der Waals surface area contributed by atoms with E-state index in [2.05, 4.69) is 36.6 Å². The molecule has 112 valence electrons. The fourth-order valence-electron chi connectivity index (χ4n) is 1.82. The standard InChI is InChI=1S/C14H12Br2ClNO2S/c1-9(10-3-2-4-12(17)7-10)18-21(19,20)14-8-11(15)5-6-13(14)16/h2-9,18H,1H3. The van der Waals surface area contributed by atoms with Gasteiger partial charge in [0.25, 0.3) is 0 Å². The Bertz CT molecular complexity index is 765. The first-order valence-electron chi connectivity index (χ1n) is 6.02. The van der Waals surface area contributed by atoms with Crippen LogP contribution in [0.15, 0.2) is 56.3 Å². The molecule has 0 aliphatic heterocycles. The van der Waals surface area contributed by atoms with E-state index >= 15 is 0 Å². The first-order valence-corrected chi connectivity index (χ1v) is 9.47. The van der Waals surface area contributed by atoms with Crippen LogP contribution in [0.1, 0.15) is 18.5 Å². The molecule has 0 aliphatic rings.